The molecule has 0 saturated heterocycles. The SMILES string of the molecule is O=C(Cc1ccc(-n2ccc3cc4c(cc3c2=O)CCN4)c(Cl)c1)CS(=O)(=O)c1ccc(Cl)s1. The van der Waals surface area contributed by atoms with E-state index in [9.17, 15) is 18.0 Å². The molecule has 0 saturated carbocycles. The van der Waals surface area contributed by atoms with Gasteiger partial charge in [-0.3, -0.25) is 14.2 Å². The van der Waals surface area contributed by atoms with Gasteiger partial charge in [-0.1, -0.05) is 29.3 Å². The van der Waals surface area contributed by atoms with E-state index in [1.165, 1.54) is 16.7 Å². The van der Waals surface area contributed by atoms with E-state index >= 15 is 0 Å². The highest BCUT2D eigenvalue weighted by molar-refractivity contribution is 7.94. The zero-order chi connectivity index (χ0) is 24.0. The van der Waals surface area contributed by atoms with Gasteiger partial charge in [-0.05, 0) is 65.4 Å². The van der Waals surface area contributed by atoms with E-state index in [1.54, 1.807) is 24.4 Å². The summed E-state index contributed by atoms with van der Waals surface area (Å²) in [6.45, 7) is 0.855. The Morgan fingerprint density at radius 3 is 2.65 bits per heavy atom. The lowest BCUT2D eigenvalue weighted by atomic mass is 10.1. The summed E-state index contributed by atoms with van der Waals surface area (Å²) in [6.07, 6.45) is 2.46. The third kappa shape index (κ3) is 4.38. The summed E-state index contributed by atoms with van der Waals surface area (Å²) in [7, 11) is -3.75. The number of benzene rings is 2. The van der Waals surface area contributed by atoms with Crippen LogP contribution in [0.4, 0.5) is 5.69 Å². The average molecular weight is 533 g/mol. The number of fused-ring (bicyclic) bond motifs is 2. The van der Waals surface area contributed by atoms with Crippen LogP contribution < -0.4 is 10.9 Å². The van der Waals surface area contributed by atoms with Gasteiger partial charge in [-0.15, -0.1) is 11.3 Å². The minimum absolute atomic E-state index is 0.0660. The van der Waals surface area contributed by atoms with E-state index in [-0.39, 0.29) is 16.2 Å². The van der Waals surface area contributed by atoms with Crippen LogP contribution in [-0.4, -0.2) is 31.1 Å². The van der Waals surface area contributed by atoms with Gasteiger partial charge in [0.25, 0.3) is 5.56 Å². The van der Waals surface area contributed by atoms with E-state index < -0.39 is 21.4 Å². The molecular weight excluding hydrogens is 515 g/mol. The fourth-order valence-corrected chi connectivity index (χ4v) is 7.22. The van der Waals surface area contributed by atoms with Crippen LogP contribution in [-0.2, 0) is 27.5 Å². The minimum Gasteiger partial charge on any atom is -0.384 e. The molecule has 0 amide bonds. The van der Waals surface area contributed by atoms with Crippen molar-refractivity contribution in [1.82, 2.24) is 4.57 Å². The summed E-state index contributed by atoms with van der Waals surface area (Å²) in [5.74, 6) is -1.08. The van der Waals surface area contributed by atoms with E-state index in [4.69, 9.17) is 23.2 Å². The van der Waals surface area contributed by atoms with Crippen molar-refractivity contribution in [3.8, 4) is 5.69 Å². The third-order valence-corrected chi connectivity index (χ3v) is 9.51. The zero-order valence-corrected chi connectivity index (χ0v) is 20.8. The van der Waals surface area contributed by atoms with Gasteiger partial charge in [0.05, 0.1) is 15.0 Å². The van der Waals surface area contributed by atoms with Crippen LogP contribution in [0.15, 0.2) is 63.7 Å². The normalized spacial score (nSPS) is 13.1. The first-order chi connectivity index (χ1) is 16.2. The van der Waals surface area contributed by atoms with Gasteiger partial charge in [-0.25, -0.2) is 8.42 Å². The van der Waals surface area contributed by atoms with Crippen molar-refractivity contribution in [2.24, 2.45) is 0 Å². The molecule has 0 fully saturated rings. The van der Waals surface area contributed by atoms with Gasteiger partial charge in [0.15, 0.2) is 15.6 Å². The highest BCUT2D eigenvalue weighted by Gasteiger charge is 2.22. The first kappa shape index (κ1) is 23.1. The summed E-state index contributed by atoms with van der Waals surface area (Å²) in [4.78, 5) is 25.6. The van der Waals surface area contributed by atoms with Crippen LogP contribution in [0.25, 0.3) is 16.5 Å². The van der Waals surface area contributed by atoms with Crippen molar-refractivity contribution < 1.29 is 13.2 Å². The number of nitrogens with one attached hydrogen (secondary N) is 1. The molecule has 0 unspecified atom stereocenters. The molecule has 34 heavy (non-hydrogen) atoms. The van der Waals surface area contributed by atoms with Gasteiger partial charge in [0.1, 0.15) is 9.96 Å². The standard InChI is InChI=1S/C24H18Cl2N2O4S2/c25-19-10-14(9-17(29)13-34(31,32)23-4-3-22(26)33-23)1-2-21(19)28-8-6-15-12-20-16(5-7-27-20)11-18(15)24(28)30/h1-4,6,8,10-12,27H,5,7,9,13H2. The molecule has 0 radical (unpaired) electrons. The number of rotatable bonds is 6. The number of halogens is 2. The Morgan fingerprint density at radius 1 is 1.09 bits per heavy atom. The summed E-state index contributed by atoms with van der Waals surface area (Å²) in [6, 6.07) is 13.6. The topological polar surface area (TPSA) is 85.2 Å². The Kier molecular flexibility index (Phi) is 6.02. The number of ketones is 1. The molecule has 4 aromatic rings. The number of Topliss-reactive ketones (excluding diaryl/α,β-unsaturated/α-hetero) is 1. The Balaban J connectivity index is 1.39. The zero-order valence-electron chi connectivity index (χ0n) is 17.7. The third-order valence-electron chi connectivity index (χ3n) is 5.72. The molecule has 3 heterocycles. The van der Waals surface area contributed by atoms with Crippen molar-refractivity contribution in [2.45, 2.75) is 17.1 Å². The number of anilines is 1. The van der Waals surface area contributed by atoms with E-state index in [0.717, 1.165) is 40.9 Å². The summed E-state index contributed by atoms with van der Waals surface area (Å²) < 4.78 is 26.8. The molecule has 1 aliphatic heterocycles. The molecule has 6 nitrogen and oxygen atoms in total. The van der Waals surface area contributed by atoms with Gasteiger partial charge in [-0.2, -0.15) is 0 Å². The minimum atomic E-state index is -3.75. The number of aromatic nitrogens is 1. The maximum Gasteiger partial charge on any atom is 0.263 e. The van der Waals surface area contributed by atoms with Crippen LogP contribution in [0.3, 0.4) is 0 Å². The predicted octanol–water partition coefficient (Wildman–Crippen LogP) is 4.91. The number of pyridine rings is 1. The van der Waals surface area contributed by atoms with Gasteiger partial charge < -0.3 is 5.32 Å². The van der Waals surface area contributed by atoms with E-state index in [1.807, 2.05) is 18.2 Å². The molecule has 0 bridgehead atoms. The molecular formula is C24H18Cl2N2O4S2. The lowest BCUT2D eigenvalue weighted by Gasteiger charge is -2.12. The van der Waals surface area contributed by atoms with Crippen molar-refractivity contribution in [3.05, 3.63) is 85.6 Å². The second-order valence-electron chi connectivity index (χ2n) is 8.08. The number of nitrogens with zero attached hydrogens (tertiary/aromatic N) is 1. The molecule has 0 atom stereocenters. The first-order valence-electron chi connectivity index (χ1n) is 10.4. The molecule has 0 spiro atoms. The number of carbonyl (C=O) groups excluding carboxylic acids is 1. The Hall–Kier alpha value is -2.65. The maximum absolute atomic E-state index is 13.2. The second-order valence-corrected chi connectivity index (χ2v) is 12.4. The second kappa shape index (κ2) is 8.85. The number of carbonyl (C=O) groups is 1. The molecule has 0 aliphatic carbocycles. The number of hydrogen-bond donors (Lipinski definition) is 1. The smallest absolute Gasteiger partial charge is 0.263 e. The van der Waals surface area contributed by atoms with Crippen molar-refractivity contribution in [1.29, 1.82) is 0 Å². The monoisotopic (exact) mass is 532 g/mol. The van der Waals surface area contributed by atoms with Crippen LogP contribution in [0.5, 0.6) is 0 Å². The maximum atomic E-state index is 13.2. The van der Waals surface area contributed by atoms with Crippen LogP contribution >= 0.6 is 34.5 Å². The van der Waals surface area contributed by atoms with E-state index in [2.05, 4.69) is 5.32 Å². The Bertz CT molecular complexity index is 1620. The van der Waals surface area contributed by atoms with Crippen molar-refractivity contribution in [3.63, 3.8) is 0 Å². The fraction of sp³-hybridized carbons (Fsp3) is 0.167. The lowest BCUT2D eigenvalue weighted by molar-refractivity contribution is -0.116. The molecule has 1 aliphatic rings. The van der Waals surface area contributed by atoms with Gasteiger partial charge >= 0.3 is 0 Å². The first-order valence-corrected chi connectivity index (χ1v) is 13.6. The van der Waals surface area contributed by atoms with Crippen LogP contribution in [0.1, 0.15) is 11.1 Å². The van der Waals surface area contributed by atoms with Crippen molar-refractivity contribution >= 4 is 66.6 Å². The quantitative estimate of drug-likeness (QED) is 0.381. The van der Waals surface area contributed by atoms with Gasteiger partial charge in [0, 0.05) is 30.2 Å². The summed E-state index contributed by atoms with van der Waals surface area (Å²) >= 11 is 13.2. The number of sulfone groups is 1. The lowest BCUT2D eigenvalue weighted by Crippen LogP contribution is -2.19. The molecule has 2 aromatic carbocycles. The molecule has 1 N–H and O–H groups in total. The predicted molar refractivity (Wildman–Crippen MR) is 137 cm³/mol. The summed E-state index contributed by atoms with van der Waals surface area (Å²) in [5, 5.41) is 5.07. The van der Waals surface area contributed by atoms with E-state index in [0.29, 0.717) is 26.0 Å². The van der Waals surface area contributed by atoms with Crippen LogP contribution in [0.2, 0.25) is 9.36 Å². The van der Waals surface area contributed by atoms with Crippen molar-refractivity contribution in [2.75, 3.05) is 17.6 Å². The number of thiophene rings is 1. The van der Waals surface area contributed by atoms with Crippen LogP contribution in [0, 0.1) is 0 Å². The molecule has 174 valence electrons. The highest BCUT2D eigenvalue weighted by Crippen LogP contribution is 2.29. The average Bonchev–Trinajstić information content (AvgIpc) is 3.42. The Morgan fingerprint density at radius 2 is 1.91 bits per heavy atom. The largest absolute Gasteiger partial charge is 0.384 e. The fourth-order valence-electron chi connectivity index (χ4n) is 4.11. The Labute approximate surface area is 209 Å². The van der Waals surface area contributed by atoms with Gasteiger partial charge in [0.2, 0.25) is 0 Å². The molecule has 10 heteroatoms. The highest BCUT2D eigenvalue weighted by atomic mass is 35.5. The molecule has 5 rings (SSSR count). The summed E-state index contributed by atoms with van der Waals surface area (Å²) in [5.41, 5.74) is 3.04. The molecule has 2 aromatic heterocycles. The number of hydrogen-bond acceptors (Lipinski definition) is 6.